The van der Waals surface area contributed by atoms with Crippen molar-refractivity contribution < 1.29 is 27.4 Å². The van der Waals surface area contributed by atoms with E-state index in [2.05, 4.69) is 9.97 Å². The quantitative estimate of drug-likeness (QED) is 0.263. The van der Waals surface area contributed by atoms with E-state index in [1.165, 1.54) is 35.0 Å². The molecule has 2 aromatic carbocycles. The summed E-state index contributed by atoms with van der Waals surface area (Å²) in [5, 5.41) is 10.9. The zero-order valence-corrected chi connectivity index (χ0v) is 23.7. The molecule has 0 unspecified atom stereocenters. The Kier molecular flexibility index (Phi) is 7.81. The summed E-state index contributed by atoms with van der Waals surface area (Å²) in [5.41, 5.74) is 1.23. The smallest absolute Gasteiger partial charge is 0.277 e. The summed E-state index contributed by atoms with van der Waals surface area (Å²) < 4.78 is 54.2. The molecule has 0 aliphatic carbocycles. The Labute approximate surface area is 237 Å². The second-order valence-corrected chi connectivity index (χ2v) is 11.7. The predicted molar refractivity (Wildman–Crippen MR) is 150 cm³/mol. The van der Waals surface area contributed by atoms with E-state index < -0.39 is 38.2 Å². The fourth-order valence-electron chi connectivity index (χ4n) is 5.13. The number of sulfone groups is 1. The number of aryl methyl sites for hydroxylation is 1. The van der Waals surface area contributed by atoms with Crippen molar-refractivity contribution in [2.75, 3.05) is 6.79 Å². The summed E-state index contributed by atoms with van der Waals surface area (Å²) in [7, 11) is -4.50. The standard InChI is InChI=1S/C30H30FN3O6S/c1-4-6-10-25-33-29(35)27(30(36)34(25)23(5-2)22-8-7-9-24-26(22)40-17-39-24)41(37,38)20-13-11-19(12-14-20)21-15-16-32-28(31)18(21)3/h7-9,11-16,23,35H,4-6,10,17H2,1-3H3/t23-/m0/s1. The van der Waals surface area contributed by atoms with Crippen LogP contribution < -0.4 is 15.0 Å². The molecular weight excluding hydrogens is 549 g/mol. The SMILES string of the molecule is CCCCc1nc(O)c(S(=O)(=O)c2ccc(-c3ccnc(F)c3C)cc2)c(=O)n1[C@@H](CC)c1cccc2c1OCO2. The molecule has 0 saturated heterocycles. The third-order valence-electron chi connectivity index (χ3n) is 7.25. The molecule has 4 aromatic rings. The number of para-hydroxylation sites is 1. The van der Waals surface area contributed by atoms with E-state index in [1.54, 1.807) is 31.2 Å². The first-order chi connectivity index (χ1) is 19.7. The van der Waals surface area contributed by atoms with Gasteiger partial charge in [-0.2, -0.15) is 9.37 Å². The van der Waals surface area contributed by atoms with Gasteiger partial charge >= 0.3 is 0 Å². The van der Waals surface area contributed by atoms with E-state index in [0.717, 1.165) is 6.42 Å². The number of benzene rings is 2. The molecule has 3 heterocycles. The molecule has 0 fully saturated rings. The van der Waals surface area contributed by atoms with Crippen LogP contribution in [0.3, 0.4) is 0 Å². The number of pyridine rings is 1. The van der Waals surface area contributed by atoms with Crippen molar-refractivity contribution in [1.82, 2.24) is 14.5 Å². The summed E-state index contributed by atoms with van der Waals surface area (Å²) >= 11 is 0. The first-order valence-corrected chi connectivity index (χ1v) is 14.9. The van der Waals surface area contributed by atoms with Crippen LogP contribution in [0.4, 0.5) is 4.39 Å². The summed E-state index contributed by atoms with van der Waals surface area (Å²) in [6.45, 7) is 5.48. The van der Waals surface area contributed by atoms with E-state index in [1.807, 2.05) is 13.8 Å². The van der Waals surface area contributed by atoms with Gasteiger partial charge in [0.05, 0.1) is 10.9 Å². The van der Waals surface area contributed by atoms with Gasteiger partial charge in [0.2, 0.25) is 28.5 Å². The highest BCUT2D eigenvalue weighted by molar-refractivity contribution is 7.91. The molecule has 5 rings (SSSR count). The number of ether oxygens (including phenoxy) is 2. The highest BCUT2D eigenvalue weighted by Gasteiger charge is 2.33. The second kappa shape index (κ2) is 11.3. The van der Waals surface area contributed by atoms with Crippen LogP contribution in [0.2, 0.25) is 0 Å². The maximum atomic E-state index is 14.1. The molecule has 1 aliphatic heterocycles. The summed E-state index contributed by atoms with van der Waals surface area (Å²) in [6.07, 6.45) is 3.59. The van der Waals surface area contributed by atoms with Gasteiger partial charge in [-0.3, -0.25) is 9.36 Å². The average Bonchev–Trinajstić information content (AvgIpc) is 3.44. The maximum Gasteiger partial charge on any atom is 0.277 e. The second-order valence-electron chi connectivity index (χ2n) is 9.77. The van der Waals surface area contributed by atoms with Crippen molar-refractivity contribution in [3.05, 3.63) is 88.0 Å². The van der Waals surface area contributed by atoms with Gasteiger partial charge in [-0.1, -0.05) is 44.5 Å². The lowest BCUT2D eigenvalue weighted by Crippen LogP contribution is -2.33. The number of hydrogen-bond donors (Lipinski definition) is 1. The molecule has 0 spiro atoms. The molecule has 0 saturated carbocycles. The minimum Gasteiger partial charge on any atom is -0.492 e. The average molecular weight is 580 g/mol. The van der Waals surface area contributed by atoms with Crippen LogP contribution in [0.1, 0.15) is 56.1 Å². The predicted octanol–water partition coefficient (Wildman–Crippen LogP) is 5.36. The molecule has 11 heteroatoms. The minimum atomic E-state index is -4.50. The molecule has 214 valence electrons. The lowest BCUT2D eigenvalue weighted by molar-refractivity contribution is 0.172. The molecule has 0 amide bonds. The Balaban J connectivity index is 1.65. The van der Waals surface area contributed by atoms with Crippen molar-refractivity contribution in [3.8, 4) is 28.5 Å². The highest BCUT2D eigenvalue weighted by atomic mass is 32.2. The largest absolute Gasteiger partial charge is 0.492 e. The fourth-order valence-corrected chi connectivity index (χ4v) is 6.47. The fraction of sp³-hybridized carbons (Fsp3) is 0.300. The molecule has 2 aromatic heterocycles. The van der Waals surface area contributed by atoms with E-state index in [-0.39, 0.29) is 17.5 Å². The van der Waals surface area contributed by atoms with Gasteiger partial charge < -0.3 is 14.6 Å². The third-order valence-corrected chi connectivity index (χ3v) is 9.04. The number of rotatable bonds is 9. The molecule has 1 N–H and O–H groups in total. The number of unbranched alkanes of at least 4 members (excludes halogenated alkanes) is 1. The number of aromatic nitrogens is 3. The molecule has 9 nitrogen and oxygen atoms in total. The Hall–Kier alpha value is -4.25. The van der Waals surface area contributed by atoms with Crippen LogP contribution in [0.5, 0.6) is 17.4 Å². The summed E-state index contributed by atoms with van der Waals surface area (Å²) in [6, 6.07) is 12.0. The Morgan fingerprint density at radius 1 is 1.10 bits per heavy atom. The Bertz CT molecular complexity index is 1770. The van der Waals surface area contributed by atoms with Gasteiger partial charge in [0.1, 0.15) is 5.82 Å². The van der Waals surface area contributed by atoms with Crippen LogP contribution in [-0.2, 0) is 16.3 Å². The zero-order valence-electron chi connectivity index (χ0n) is 22.9. The van der Waals surface area contributed by atoms with Crippen molar-refractivity contribution in [2.24, 2.45) is 0 Å². The maximum absolute atomic E-state index is 14.1. The number of fused-ring (bicyclic) bond motifs is 1. The van der Waals surface area contributed by atoms with E-state index >= 15 is 0 Å². The lowest BCUT2D eigenvalue weighted by Gasteiger charge is -2.24. The van der Waals surface area contributed by atoms with Gasteiger partial charge in [0, 0.05) is 23.7 Å². The Morgan fingerprint density at radius 2 is 1.85 bits per heavy atom. The normalized spacial score (nSPS) is 13.4. The van der Waals surface area contributed by atoms with Gasteiger partial charge in [-0.05, 0) is 55.2 Å². The van der Waals surface area contributed by atoms with Crippen LogP contribution in [0.15, 0.2) is 69.3 Å². The summed E-state index contributed by atoms with van der Waals surface area (Å²) in [4.78, 5) is 21.0. The zero-order chi connectivity index (χ0) is 29.3. The molecule has 41 heavy (non-hydrogen) atoms. The molecule has 1 aliphatic rings. The number of nitrogens with zero attached hydrogens (tertiary/aromatic N) is 3. The third kappa shape index (κ3) is 5.06. The lowest BCUT2D eigenvalue weighted by atomic mass is 10.0. The van der Waals surface area contributed by atoms with Crippen molar-refractivity contribution in [2.45, 2.75) is 62.3 Å². The first kappa shape index (κ1) is 28.3. The van der Waals surface area contributed by atoms with Gasteiger partial charge in [-0.25, -0.2) is 13.4 Å². The van der Waals surface area contributed by atoms with Crippen LogP contribution in [0.25, 0.3) is 11.1 Å². The summed E-state index contributed by atoms with van der Waals surface area (Å²) in [5.74, 6) is -0.162. The number of aromatic hydroxyl groups is 1. The highest BCUT2D eigenvalue weighted by Crippen LogP contribution is 2.41. The van der Waals surface area contributed by atoms with E-state index in [0.29, 0.717) is 53.0 Å². The van der Waals surface area contributed by atoms with E-state index in [9.17, 15) is 22.7 Å². The van der Waals surface area contributed by atoms with Crippen LogP contribution >= 0.6 is 0 Å². The minimum absolute atomic E-state index is 0.0372. The van der Waals surface area contributed by atoms with Crippen LogP contribution in [-0.4, -0.2) is 34.9 Å². The van der Waals surface area contributed by atoms with Gasteiger partial charge in [0.25, 0.3) is 5.56 Å². The first-order valence-electron chi connectivity index (χ1n) is 13.4. The monoisotopic (exact) mass is 579 g/mol. The molecular formula is C30H30FN3O6S. The van der Waals surface area contributed by atoms with Crippen LogP contribution in [0, 0.1) is 12.9 Å². The molecule has 0 radical (unpaired) electrons. The number of hydrogen-bond acceptors (Lipinski definition) is 8. The molecule has 0 bridgehead atoms. The Morgan fingerprint density at radius 3 is 2.56 bits per heavy atom. The van der Waals surface area contributed by atoms with Gasteiger partial charge in [-0.15, -0.1) is 0 Å². The van der Waals surface area contributed by atoms with Crippen molar-refractivity contribution >= 4 is 9.84 Å². The number of halogens is 1. The topological polar surface area (TPSA) is 121 Å². The molecule has 1 atom stereocenters. The van der Waals surface area contributed by atoms with Gasteiger partial charge in [0.15, 0.2) is 16.4 Å². The van der Waals surface area contributed by atoms with Crippen molar-refractivity contribution in [1.29, 1.82) is 0 Å². The van der Waals surface area contributed by atoms with E-state index in [4.69, 9.17) is 9.47 Å². The van der Waals surface area contributed by atoms with Crippen molar-refractivity contribution in [3.63, 3.8) is 0 Å².